The van der Waals surface area contributed by atoms with Crippen molar-refractivity contribution in [3.63, 3.8) is 0 Å². The van der Waals surface area contributed by atoms with Crippen LogP contribution in [0, 0.1) is 35.5 Å². The van der Waals surface area contributed by atoms with Crippen LogP contribution >= 0.6 is 0 Å². The number of nitrogens with zero attached hydrogens (tertiary/aromatic N) is 4. The van der Waals surface area contributed by atoms with Crippen molar-refractivity contribution in [2.45, 2.75) is 25.7 Å². The summed E-state index contributed by atoms with van der Waals surface area (Å²) < 4.78 is 8.28. The molecule has 1 aliphatic carbocycles. The van der Waals surface area contributed by atoms with Crippen molar-refractivity contribution < 1.29 is 4.74 Å². The number of benzene rings is 2. The molecule has 0 N–H and O–H groups in total. The Morgan fingerprint density at radius 1 is 1.03 bits per heavy atom. The van der Waals surface area contributed by atoms with Crippen molar-refractivity contribution in [3.05, 3.63) is 82.6 Å². The molecule has 0 saturated heterocycles. The van der Waals surface area contributed by atoms with Gasteiger partial charge in [0.15, 0.2) is 0 Å². The summed E-state index contributed by atoms with van der Waals surface area (Å²) in [4.78, 5) is 0. The van der Waals surface area contributed by atoms with Gasteiger partial charge in [-0.05, 0) is 43.0 Å². The van der Waals surface area contributed by atoms with Gasteiger partial charge in [-0.3, -0.25) is 0 Å². The molecule has 0 fully saturated rings. The molecule has 0 amide bonds. The fraction of sp³-hybridized carbons (Fsp3) is 0.208. The maximum absolute atomic E-state index is 9.74. The summed E-state index contributed by atoms with van der Waals surface area (Å²) in [6.07, 6.45) is 1.64. The molecule has 1 unspecified atom stereocenters. The van der Waals surface area contributed by atoms with Gasteiger partial charge in [-0.15, -0.1) is 0 Å². The van der Waals surface area contributed by atoms with Crippen LogP contribution in [0.25, 0.3) is 11.4 Å². The Labute approximate surface area is 169 Å². The monoisotopic (exact) mass is 378 g/mol. The molecule has 5 rings (SSSR count). The number of aryl methyl sites for hydroxylation is 2. The van der Waals surface area contributed by atoms with E-state index in [1.807, 2.05) is 49.4 Å². The van der Waals surface area contributed by atoms with Gasteiger partial charge in [-0.1, -0.05) is 42.5 Å². The van der Waals surface area contributed by atoms with Gasteiger partial charge in [0.1, 0.15) is 11.7 Å². The van der Waals surface area contributed by atoms with Gasteiger partial charge in [-0.25, -0.2) is 4.68 Å². The average Bonchev–Trinajstić information content (AvgIpc) is 3.11. The highest BCUT2D eigenvalue weighted by Crippen LogP contribution is 2.51. The lowest BCUT2D eigenvalue weighted by atomic mass is 9.74. The Morgan fingerprint density at radius 2 is 1.76 bits per heavy atom. The van der Waals surface area contributed by atoms with Gasteiger partial charge in [-0.2, -0.15) is 15.6 Å². The number of para-hydroxylation sites is 1. The largest absolute Gasteiger partial charge is 0.438 e. The first-order valence-corrected chi connectivity index (χ1v) is 9.66. The second-order valence-corrected chi connectivity index (χ2v) is 7.38. The van der Waals surface area contributed by atoms with E-state index in [1.165, 1.54) is 5.56 Å². The molecule has 29 heavy (non-hydrogen) atoms. The van der Waals surface area contributed by atoms with Gasteiger partial charge in [0.05, 0.1) is 23.5 Å². The van der Waals surface area contributed by atoms with Crippen molar-refractivity contribution in [1.29, 1.82) is 10.5 Å². The minimum atomic E-state index is -0.792. The number of nitriles is 2. The van der Waals surface area contributed by atoms with Crippen LogP contribution in [0.4, 0.5) is 0 Å². The molecule has 0 bridgehead atoms. The predicted molar refractivity (Wildman–Crippen MR) is 108 cm³/mol. The fourth-order valence-electron chi connectivity index (χ4n) is 4.47. The standard InChI is InChI=1S/C24H18N4O/c1-15-21-22(17(13-25)14-26)20-12-11-16-7-5-6-10-19(16)23(20)29-24(21)28(27-15)18-8-3-2-4-9-18/h2-10,17,22H,11-12H2,1H3. The Kier molecular flexibility index (Phi) is 3.96. The highest BCUT2D eigenvalue weighted by Gasteiger charge is 2.41. The third kappa shape index (κ3) is 2.56. The molecular formula is C24H18N4O. The van der Waals surface area contributed by atoms with Crippen LogP contribution in [-0.2, 0) is 6.42 Å². The molecule has 0 radical (unpaired) electrons. The minimum Gasteiger partial charge on any atom is -0.438 e. The van der Waals surface area contributed by atoms with Gasteiger partial charge in [0.2, 0.25) is 5.88 Å². The molecule has 2 aliphatic rings. The number of hydrogen-bond acceptors (Lipinski definition) is 4. The van der Waals surface area contributed by atoms with Gasteiger partial charge < -0.3 is 4.74 Å². The summed E-state index contributed by atoms with van der Waals surface area (Å²) in [6, 6.07) is 22.4. The Morgan fingerprint density at radius 3 is 2.52 bits per heavy atom. The summed E-state index contributed by atoms with van der Waals surface area (Å²) in [5.41, 5.74) is 5.81. The molecule has 140 valence electrons. The zero-order chi connectivity index (χ0) is 20.0. The van der Waals surface area contributed by atoms with Crippen molar-refractivity contribution in [2.24, 2.45) is 5.92 Å². The summed E-state index contributed by atoms with van der Waals surface area (Å²) in [5, 5.41) is 24.2. The summed E-state index contributed by atoms with van der Waals surface area (Å²) in [6.45, 7) is 1.92. The first-order chi connectivity index (χ1) is 14.2. The zero-order valence-corrected chi connectivity index (χ0v) is 16.0. The van der Waals surface area contributed by atoms with Crippen LogP contribution in [0.3, 0.4) is 0 Å². The summed E-state index contributed by atoms with van der Waals surface area (Å²) in [5.74, 6) is 0.246. The first kappa shape index (κ1) is 17.3. The van der Waals surface area contributed by atoms with Crippen LogP contribution in [0.1, 0.15) is 34.7 Å². The van der Waals surface area contributed by atoms with Crippen LogP contribution in [0.5, 0.6) is 5.88 Å². The quantitative estimate of drug-likeness (QED) is 0.649. The van der Waals surface area contributed by atoms with Crippen LogP contribution in [0.2, 0.25) is 0 Å². The highest BCUT2D eigenvalue weighted by atomic mass is 16.5. The van der Waals surface area contributed by atoms with E-state index in [0.717, 1.165) is 46.7 Å². The maximum Gasteiger partial charge on any atom is 0.226 e. The third-order valence-corrected chi connectivity index (χ3v) is 5.78. The SMILES string of the molecule is Cc1nn(-c2ccccc2)c2c1C(C(C#N)C#N)C1=C(O2)c2ccccc2CC1. The second-order valence-electron chi connectivity index (χ2n) is 7.38. The smallest absolute Gasteiger partial charge is 0.226 e. The normalized spacial score (nSPS) is 16.9. The van der Waals surface area contributed by atoms with E-state index < -0.39 is 5.92 Å². The zero-order valence-electron chi connectivity index (χ0n) is 16.0. The first-order valence-electron chi connectivity index (χ1n) is 9.66. The highest BCUT2D eigenvalue weighted by molar-refractivity contribution is 5.75. The minimum absolute atomic E-state index is 0.338. The summed E-state index contributed by atoms with van der Waals surface area (Å²) >= 11 is 0. The Bertz CT molecular complexity index is 1210. The summed E-state index contributed by atoms with van der Waals surface area (Å²) in [7, 11) is 0. The Hall–Kier alpha value is -3.83. The molecule has 0 saturated carbocycles. The molecule has 5 heteroatoms. The number of fused-ring (bicyclic) bond motifs is 3. The molecule has 5 nitrogen and oxygen atoms in total. The molecular weight excluding hydrogens is 360 g/mol. The molecule has 2 heterocycles. The topological polar surface area (TPSA) is 74.6 Å². The van der Waals surface area contributed by atoms with Crippen molar-refractivity contribution in [1.82, 2.24) is 9.78 Å². The van der Waals surface area contributed by atoms with E-state index in [9.17, 15) is 10.5 Å². The molecule has 0 spiro atoms. The van der Waals surface area contributed by atoms with E-state index in [0.29, 0.717) is 5.88 Å². The van der Waals surface area contributed by atoms with Gasteiger partial charge in [0, 0.05) is 17.0 Å². The maximum atomic E-state index is 9.74. The number of allylic oxidation sites excluding steroid dienone is 1. The molecule has 2 aromatic carbocycles. The van der Waals surface area contributed by atoms with E-state index >= 15 is 0 Å². The number of ether oxygens (including phenoxy) is 1. The molecule has 1 aliphatic heterocycles. The second kappa shape index (κ2) is 6.65. The lowest BCUT2D eigenvalue weighted by Gasteiger charge is -2.33. The van der Waals surface area contributed by atoms with Gasteiger partial charge >= 0.3 is 0 Å². The number of aromatic nitrogens is 2. The predicted octanol–water partition coefficient (Wildman–Crippen LogP) is 4.68. The van der Waals surface area contributed by atoms with Crippen molar-refractivity contribution in [2.75, 3.05) is 0 Å². The van der Waals surface area contributed by atoms with Crippen molar-refractivity contribution >= 4 is 5.76 Å². The number of hydrogen-bond donors (Lipinski definition) is 0. The van der Waals surface area contributed by atoms with E-state index in [4.69, 9.17) is 9.84 Å². The average molecular weight is 378 g/mol. The van der Waals surface area contributed by atoms with E-state index in [-0.39, 0.29) is 5.92 Å². The van der Waals surface area contributed by atoms with E-state index in [1.54, 1.807) is 4.68 Å². The molecule has 3 aromatic rings. The Balaban J connectivity index is 1.77. The van der Waals surface area contributed by atoms with E-state index in [2.05, 4.69) is 24.3 Å². The van der Waals surface area contributed by atoms with Crippen LogP contribution in [-0.4, -0.2) is 9.78 Å². The number of rotatable bonds is 2. The van der Waals surface area contributed by atoms with Crippen LogP contribution < -0.4 is 4.74 Å². The third-order valence-electron chi connectivity index (χ3n) is 5.78. The lowest BCUT2D eigenvalue weighted by molar-refractivity contribution is 0.426. The van der Waals surface area contributed by atoms with Crippen LogP contribution in [0.15, 0.2) is 60.2 Å². The van der Waals surface area contributed by atoms with Gasteiger partial charge in [0.25, 0.3) is 0 Å². The fourth-order valence-corrected chi connectivity index (χ4v) is 4.47. The molecule has 1 aromatic heterocycles. The lowest BCUT2D eigenvalue weighted by Crippen LogP contribution is -2.24. The molecule has 1 atom stereocenters. The van der Waals surface area contributed by atoms with Crippen molar-refractivity contribution in [3.8, 4) is 23.7 Å².